The summed E-state index contributed by atoms with van der Waals surface area (Å²) in [6.07, 6.45) is 0.949. The van der Waals surface area contributed by atoms with Gasteiger partial charge in [-0.1, -0.05) is 0 Å². The van der Waals surface area contributed by atoms with E-state index in [1.165, 1.54) is 0 Å². The Hall–Kier alpha value is -0.730. The SMILES string of the molecule is C#CCC(C)NCCOC(F)(F)F. The van der Waals surface area contributed by atoms with Crippen molar-refractivity contribution in [1.82, 2.24) is 5.32 Å². The largest absolute Gasteiger partial charge is 0.522 e. The minimum atomic E-state index is -4.54. The van der Waals surface area contributed by atoms with Gasteiger partial charge in [0.1, 0.15) is 0 Å². The highest BCUT2D eigenvalue weighted by molar-refractivity contribution is 4.87. The van der Waals surface area contributed by atoms with E-state index in [4.69, 9.17) is 6.42 Å². The van der Waals surface area contributed by atoms with Crippen LogP contribution in [0.15, 0.2) is 0 Å². The minimum Gasteiger partial charge on any atom is -0.311 e. The first-order valence-electron chi connectivity index (χ1n) is 3.83. The molecule has 2 nitrogen and oxygen atoms in total. The lowest BCUT2D eigenvalue weighted by Crippen LogP contribution is -2.30. The molecule has 0 rings (SSSR count). The molecule has 0 aliphatic rings. The summed E-state index contributed by atoms with van der Waals surface area (Å²) in [7, 11) is 0. The molecule has 0 heterocycles. The highest BCUT2D eigenvalue weighted by atomic mass is 19.4. The van der Waals surface area contributed by atoms with E-state index in [9.17, 15) is 13.2 Å². The van der Waals surface area contributed by atoms with Crippen LogP contribution < -0.4 is 5.32 Å². The summed E-state index contributed by atoms with van der Waals surface area (Å²) in [4.78, 5) is 0. The Morgan fingerprint density at radius 1 is 1.54 bits per heavy atom. The van der Waals surface area contributed by atoms with Crippen molar-refractivity contribution in [3.63, 3.8) is 0 Å². The van der Waals surface area contributed by atoms with E-state index in [2.05, 4.69) is 16.0 Å². The molecule has 0 spiro atoms. The molecule has 0 aliphatic heterocycles. The first-order chi connectivity index (χ1) is 5.95. The highest BCUT2D eigenvalue weighted by Gasteiger charge is 2.28. The van der Waals surface area contributed by atoms with Crippen LogP contribution in [0.25, 0.3) is 0 Å². The van der Waals surface area contributed by atoms with Crippen molar-refractivity contribution in [2.24, 2.45) is 0 Å². The highest BCUT2D eigenvalue weighted by Crippen LogP contribution is 2.15. The van der Waals surface area contributed by atoms with Crippen LogP contribution in [-0.2, 0) is 4.74 Å². The summed E-state index contributed by atoms with van der Waals surface area (Å²) in [5.74, 6) is 2.40. The molecule has 0 aromatic carbocycles. The second-order valence-electron chi connectivity index (χ2n) is 2.56. The number of terminal acetylenes is 1. The quantitative estimate of drug-likeness (QED) is 0.530. The first kappa shape index (κ1) is 12.3. The second kappa shape index (κ2) is 5.84. The van der Waals surface area contributed by atoms with Gasteiger partial charge in [0.05, 0.1) is 6.61 Å². The van der Waals surface area contributed by atoms with Gasteiger partial charge in [0.15, 0.2) is 0 Å². The van der Waals surface area contributed by atoms with Gasteiger partial charge < -0.3 is 5.32 Å². The predicted molar refractivity (Wildman–Crippen MR) is 42.9 cm³/mol. The summed E-state index contributed by atoms with van der Waals surface area (Å²) < 4.78 is 37.9. The molecular weight excluding hydrogens is 183 g/mol. The van der Waals surface area contributed by atoms with Gasteiger partial charge in [-0.2, -0.15) is 0 Å². The van der Waals surface area contributed by atoms with Gasteiger partial charge in [0, 0.05) is 19.0 Å². The van der Waals surface area contributed by atoms with Crippen LogP contribution in [0.2, 0.25) is 0 Å². The van der Waals surface area contributed by atoms with Crippen LogP contribution in [0.1, 0.15) is 13.3 Å². The molecule has 0 aromatic rings. The Kier molecular flexibility index (Phi) is 5.51. The van der Waals surface area contributed by atoms with Gasteiger partial charge >= 0.3 is 6.36 Å². The predicted octanol–water partition coefficient (Wildman–Crippen LogP) is 1.52. The Bertz CT molecular complexity index is 173. The van der Waals surface area contributed by atoms with Crippen molar-refractivity contribution >= 4 is 0 Å². The lowest BCUT2D eigenvalue weighted by Gasteiger charge is -2.11. The van der Waals surface area contributed by atoms with Crippen molar-refractivity contribution in [1.29, 1.82) is 0 Å². The third-order valence-electron chi connectivity index (χ3n) is 1.28. The van der Waals surface area contributed by atoms with E-state index in [0.29, 0.717) is 6.42 Å². The fourth-order valence-electron chi connectivity index (χ4n) is 0.721. The standard InChI is InChI=1S/C8H12F3NO/c1-3-4-7(2)12-5-6-13-8(9,10)11/h1,7,12H,4-6H2,2H3. The fourth-order valence-corrected chi connectivity index (χ4v) is 0.721. The number of alkyl halides is 3. The van der Waals surface area contributed by atoms with Crippen LogP contribution in [0.4, 0.5) is 13.2 Å². The van der Waals surface area contributed by atoms with Crippen molar-refractivity contribution in [2.45, 2.75) is 25.7 Å². The van der Waals surface area contributed by atoms with Crippen molar-refractivity contribution < 1.29 is 17.9 Å². The normalized spacial score (nSPS) is 13.8. The summed E-state index contributed by atoms with van der Waals surface area (Å²) >= 11 is 0. The molecule has 5 heteroatoms. The number of hydrogen-bond acceptors (Lipinski definition) is 2. The van der Waals surface area contributed by atoms with Crippen LogP contribution in [0.5, 0.6) is 0 Å². The maximum absolute atomic E-state index is 11.4. The Morgan fingerprint density at radius 2 is 2.15 bits per heavy atom. The van der Waals surface area contributed by atoms with Gasteiger partial charge in [-0.05, 0) is 6.92 Å². The van der Waals surface area contributed by atoms with Crippen LogP contribution in [-0.4, -0.2) is 25.6 Å². The Balaban J connectivity index is 3.32. The molecule has 76 valence electrons. The topological polar surface area (TPSA) is 21.3 Å². The summed E-state index contributed by atoms with van der Waals surface area (Å²) in [5.41, 5.74) is 0. The van der Waals surface area contributed by atoms with E-state index in [1.807, 2.05) is 0 Å². The number of hydrogen-bond donors (Lipinski definition) is 1. The summed E-state index contributed by atoms with van der Waals surface area (Å²) in [5, 5.41) is 2.79. The molecule has 13 heavy (non-hydrogen) atoms. The van der Waals surface area contributed by atoms with Crippen LogP contribution >= 0.6 is 0 Å². The number of halogens is 3. The molecule has 0 aromatic heterocycles. The van der Waals surface area contributed by atoms with E-state index >= 15 is 0 Å². The van der Waals surface area contributed by atoms with Gasteiger partial charge in [-0.3, -0.25) is 4.74 Å². The van der Waals surface area contributed by atoms with E-state index < -0.39 is 13.0 Å². The molecule has 1 atom stereocenters. The molecule has 0 radical (unpaired) electrons. The molecule has 0 aliphatic carbocycles. The summed E-state index contributed by atoms with van der Waals surface area (Å²) in [6.45, 7) is 1.55. The van der Waals surface area contributed by atoms with Gasteiger partial charge in [0.2, 0.25) is 0 Å². The zero-order chi connectivity index (χ0) is 10.3. The zero-order valence-electron chi connectivity index (χ0n) is 7.32. The third kappa shape index (κ3) is 9.18. The van der Waals surface area contributed by atoms with Gasteiger partial charge in [0.25, 0.3) is 0 Å². The fraction of sp³-hybridized carbons (Fsp3) is 0.750. The number of ether oxygens (including phenoxy) is 1. The molecule has 0 bridgehead atoms. The monoisotopic (exact) mass is 195 g/mol. The molecular formula is C8H12F3NO. The average Bonchev–Trinajstić information content (AvgIpc) is 1.97. The molecule has 0 amide bonds. The van der Waals surface area contributed by atoms with E-state index in [-0.39, 0.29) is 12.6 Å². The maximum Gasteiger partial charge on any atom is 0.522 e. The van der Waals surface area contributed by atoms with Crippen molar-refractivity contribution in [3.05, 3.63) is 0 Å². The van der Waals surface area contributed by atoms with E-state index in [1.54, 1.807) is 6.92 Å². The van der Waals surface area contributed by atoms with Gasteiger partial charge in [-0.25, -0.2) is 0 Å². The third-order valence-corrected chi connectivity index (χ3v) is 1.28. The van der Waals surface area contributed by atoms with Gasteiger partial charge in [-0.15, -0.1) is 25.5 Å². The zero-order valence-corrected chi connectivity index (χ0v) is 7.32. The molecule has 0 fully saturated rings. The smallest absolute Gasteiger partial charge is 0.311 e. The Labute approximate surface area is 75.5 Å². The summed E-state index contributed by atoms with van der Waals surface area (Å²) in [6, 6.07) is 0.0156. The van der Waals surface area contributed by atoms with Crippen molar-refractivity contribution in [3.8, 4) is 12.3 Å². The first-order valence-corrected chi connectivity index (χ1v) is 3.83. The van der Waals surface area contributed by atoms with E-state index in [0.717, 1.165) is 0 Å². The minimum absolute atomic E-state index is 0.0156. The Morgan fingerprint density at radius 3 is 2.62 bits per heavy atom. The van der Waals surface area contributed by atoms with Crippen LogP contribution in [0, 0.1) is 12.3 Å². The molecule has 0 saturated heterocycles. The number of rotatable bonds is 5. The average molecular weight is 195 g/mol. The lowest BCUT2D eigenvalue weighted by atomic mass is 10.2. The number of nitrogens with one attached hydrogen (secondary N) is 1. The van der Waals surface area contributed by atoms with Crippen molar-refractivity contribution in [2.75, 3.05) is 13.2 Å². The maximum atomic E-state index is 11.4. The van der Waals surface area contributed by atoms with Crippen LogP contribution in [0.3, 0.4) is 0 Å². The second-order valence-corrected chi connectivity index (χ2v) is 2.56. The molecule has 1 unspecified atom stereocenters. The molecule has 0 saturated carbocycles. The molecule has 1 N–H and O–H groups in total. The lowest BCUT2D eigenvalue weighted by molar-refractivity contribution is -0.323.